The van der Waals surface area contributed by atoms with Gasteiger partial charge in [0.05, 0.1) is 6.04 Å². The molecule has 1 rings (SSSR count). The van der Waals surface area contributed by atoms with Crippen molar-refractivity contribution in [2.24, 2.45) is 5.73 Å². The predicted octanol–water partition coefficient (Wildman–Crippen LogP) is 3.42. The number of nitrogens with one attached hydrogen (secondary N) is 1. The molecule has 22 heavy (non-hydrogen) atoms. The third-order valence-electron chi connectivity index (χ3n) is 2.87. The molecule has 1 unspecified atom stereocenters. The Kier molecular flexibility index (Phi) is 8.26. The minimum atomic E-state index is -4.41. The maximum atomic E-state index is 12.2. The van der Waals surface area contributed by atoms with Crippen molar-refractivity contribution in [1.29, 1.82) is 0 Å². The summed E-state index contributed by atoms with van der Waals surface area (Å²) in [6.45, 7) is 2.11. The van der Waals surface area contributed by atoms with Gasteiger partial charge in [-0.2, -0.15) is 13.2 Å². The summed E-state index contributed by atoms with van der Waals surface area (Å²) < 4.78 is 41.2. The lowest BCUT2D eigenvalue weighted by Gasteiger charge is -2.16. The van der Waals surface area contributed by atoms with Gasteiger partial charge in [0.2, 0.25) is 5.91 Å². The van der Waals surface area contributed by atoms with Gasteiger partial charge >= 0.3 is 6.18 Å². The molecule has 3 N–H and O–H groups in total. The van der Waals surface area contributed by atoms with E-state index in [2.05, 4.69) is 5.32 Å². The number of nitrogens with two attached hydrogens (primary N) is 1. The fourth-order valence-corrected chi connectivity index (χ4v) is 1.73. The number of hydrogen-bond acceptors (Lipinski definition) is 3. The molecule has 0 bridgehead atoms. The highest BCUT2D eigenvalue weighted by Crippen LogP contribution is 2.27. The zero-order chi connectivity index (χ0) is 16.0. The van der Waals surface area contributed by atoms with E-state index in [9.17, 15) is 18.0 Å². The first kappa shape index (κ1) is 20.5. The van der Waals surface area contributed by atoms with Crippen molar-refractivity contribution in [2.75, 3.05) is 11.9 Å². The zero-order valence-corrected chi connectivity index (χ0v) is 13.2. The average molecular weight is 341 g/mol. The van der Waals surface area contributed by atoms with Crippen LogP contribution in [0.3, 0.4) is 0 Å². The lowest BCUT2D eigenvalue weighted by Crippen LogP contribution is -2.35. The van der Waals surface area contributed by atoms with Gasteiger partial charge in [0.15, 0.2) is 6.61 Å². The van der Waals surface area contributed by atoms with Crippen molar-refractivity contribution < 1.29 is 22.7 Å². The lowest BCUT2D eigenvalue weighted by molar-refractivity contribution is -0.153. The number of halogens is 4. The summed E-state index contributed by atoms with van der Waals surface area (Å²) in [4.78, 5) is 11.8. The Morgan fingerprint density at radius 3 is 2.59 bits per heavy atom. The summed E-state index contributed by atoms with van der Waals surface area (Å²) in [6, 6.07) is 3.88. The maximum absolute atomic E-state index is 12.2. The number of carbonyl (C=O) groups excluding carboxylic acids is 1. The van der Waals surface area contributed by atoms with Gasteiger partial charge < -0.3 is 15.8 Å². The van der Waals surface area contributed by atoms with E-state index in [1.54, 1.807) is 13.0 Å². The van der Waals surface area contributed by atoms with E-state index in [0.717, 1.165) is 6.42 Å². The number of amides is 1. The molecule has 0 spiro atoms. The van der Waals surface area contributed by atoms with Crippen molar-refractivity contribution in [1.82, 2.24) is 0 Å². The molecule has 0 heterocycles. The van der Waals surface area contributed by atoms with Crippen molar-refractivity contribution in [3.05, 3.63) is 23.8 Å². The molecule has 0 aliphatic heterocycles. The van der Waals surface area contributed by atoms with Crippen LogP contribution in [0.5, 0.6) is 5.75 Å². The normalized spacial score (nSPS) is 12.3. The van der Waals surface area contributed by atoms with Crippen LogP contribution in [0.1, 0.15) is 25.3 Å². The summed E-state index contributed by atoms with van der Waals surface area (Å²) in [6.07, 6.45) is -3.10. The number of carbonyl (C=O) groups is 1. The van der Waals surface area contributed by atoms with Crippen LogP contribution in [0.4, 0.5) is 18.9 Å². The highest BCUT2D eigenvalue weighted by molar-refractivity contribution is 5.95. The summed E-state index contributed by atoms with van der Waals surface area (Å²) in [5.74, 6) is -0.290. The number of rotatable bonds is 6. The van der Waals surface area contributed by atoms with E-state index in [1.807, 2.05) is 6.92 Å². The molecule has 0 aliphatic rings. The second-order valence-electron chi connectivity index (χ2n) is 4.72. The van der Waals surface area contributed by atoms with E-state index in [0.29, 0.717) is 17.7 Å². The van der Waals surface area contributed by atoms with Gasteiger partial charge in [0.1, 0.15) is 5.75 Å². The largest absolute Gasteiger partial charge is 0.484 e. The average Bonchev–Trinajstić information content (AvgIpc) is 2.39. The molecule has 0 aromatic heterocycles. The standard InChI is InChI=1S/C14H19F3N2O2.ClH/c1-3-5-10(18)13(20)19-11-6-4-7-12(9(11)2)21-8-14(15,16)17;/h4,6-7,10H,3,5,8,18H2,1-2H3,(H,19,20);1H. The van der Waals surface area contributed by atoms with Gasteiger partial charge in [-0.15, -0.1) is 12.4 Å². The van der Waals surface area contributed by atoms with E-state index in [1.165, 1.54) is 12.1 Å². The van der Waals surface area contributed by atoms with Crippen LogP contribution in [0, 0.1) is 6.92 Å². The quantitative estimate of drug-likeness (QED) is 0.834. The molecule has 1 amide bonds. The molecule has 0 fully saturated rings. The second kappa shape index (κ2) is 8.85. The Hall–Kier alpha value is -1.47. The van der Waals surface area contributed by atoms with Gasteiger partial charge in [-0.05, 0) is 25.5 Å². The third-order valence-corrected chi connectivity index (χ3v) is 2.87. The summed E-state index contributed by atoms with van der Waals surface area (Å²) >= 11 is 0. The first-order chi connectivity index (χ1) is 9.74. The minimum absolute atomic E-state index is 0. The van der Waals surface area contributed by atoms with Gasteiger partial charge in [-0.1, -0.05) is 19.4 Å². The highest BCUT2D eigenvalue weighted by Gasteiger charge is 2.28. The molecule has 4 nitrogen and oxygen atoms in total. The van der Waals surface area contributed by atoms with Gasteiger partial charge in [0.25, 0.3) is 0 Å². The van der Waals surface area contributed by atoms with Gasteiger partial charge in [-0.25, -0.2) is 0 Å². The maximum Gasteiger partial charge on any atom is 0.422 e. The molecule has 1 atom stereocenters. The Morgan fingerprint density at radius 1 is 1.41 bits per heavy atom. The molecule has 0 aliphatic carbocycles. The summed E-state index contributed by atoms with van der Waals surface area (Å²) in [5, 5.41) is 2.61. The molecule has 1 aromatic carbocycles. The number of benzene rings is 1. The van der Waals surface area contributed by atoms with Crippen molar-refractivity contribution in [2.45, 2.75) is 38.9 Å². The number of hydrogen-bond donors (Lipinski definition) is 2. The van der Waals surface area contributed by atoms with Crippen LogP contribution in [-0.4, -0.2) is 24.7 Å². The SMILES string of the molecule is CCCC(N)C(=O)Nc1cccc(OCC(F)(F)F)c1C.Cl. The number of alkyl halides is 3. The van der Waals surface area contributed by atoms with E-state index < -0.39 is 18.8 Å². The molecule has 1 aromatic rings. The first-order valence-electron chi connectivity index (χ1n) is 6.60. The Bertz CT molecular complexity index is 495. The number of anilines is 1. The number of ether oxygens (including phenoxy) is 1. The molecule has 8 heteroatoms. The Balaban J connectivity index is 0.00000441. The van der Waals surface area contributed by atoms with E-state index in [4.69, 9.17) is 10.5 Å². The van der Waals surface area contributed by atoms with Crippen molar-refractivity contribution >= 4 is 24.0 Å². The van der Waals surface area contributed by atoms with Gasteiger partial charge in [0, 0.05) is 11.3 Å². The highest BCUT2D eigenvalue weighted by atomic mass is 35.5. The summed E-state index contributed by atoms with van der Waals surface area (Å²) in [5.41, 5.74) is 6.51. The molecule has 0 saturated carbocycles. The van der Waals surface area contributed by atoms with Crippen LogP contribution in [0.15, 0.2) is 18.2 Å². The molecular formula is C14H20ClF3N2O2. The lowest BCUT2D eigenvalue weighted by atomic mass is 10.1. The van der Waals surface area contributed by atoms with E-state index in [-0.39, 0.29) is 24.1 Å². The van der Waals surface area contributed by atoms with Crippen LogP contribution in [-0.2, 0) is 4.79 Å². The third kappa shape index (κ3) is 6.53. The molecule has 126 valence electrons. The van der Waals surface area contributed by atoms with Crippen LogP contribution in [0.25, 0.3) is 0 Å². The first-order valence-corrected chi connectivity index (χ1v) is 6.60. The second-order valence-corrected chi connectivity index (χ2v) is 4.72. The smallest absolute Gasteiger partial charge is 0.422 e. The fraction of sp³-hybridized carbons (Fsp3) is 0.500. The topological polar surface area (TPSA) is 64.4 Å². The molecular weight excluding hydrogens is 321 g/mol. The minimum Gasteiger partial charge on any atom is -0.484 e. The van der Waals surface area contributed by atoms with Crippen LogP contribution in [0.2, 0.25) is 0 Å². The van der Waals surface area contributed by atoms with E-state index >= 15 is 0 Å². The summed E-state index contributed by atoms with van der Waals surface area (Å²) in [7, 11) is 0. The molecule has 0 saturated heterocycles. The Labute approximate surface area is 133 Å². The van der Waals surface area contributed by atoms with Gasteiger partial charge in [-0.3, -0.25) is 4.79 Å². The van der Waals surface area contributed by atoms with Crippen LogP contribution >= 0.6 is 12.4 Å². The Morgan fingerprint density at radius 2 is 2.05 bits per heavy atom. The predicted molar refractivity (Wildman–Crippen MR) is 81.5 cm³/mol. The fourth-order valence-electron chi connectivity index (χ4n) is 1.73. The zero-order valence-electron chi connectivity index (χ0n) is 12.4. The monoisotopic (exact) mass is 340 g/mol. The van der Waals surface area contributed by atoms with Crippen LogP contribution < -0.4 is 15.8 Å². The molecule has 0 radical (unpaired) electrons. The van der Waals surface area contributed by atoms with Crippen molar-refractivity contribution in [3.63, 3.8) is 0 Å². The van der Waals surface area contributed by atoms with Crippen molar-refractivity contribution in [3.8, 4) is 5.75 Å².